The first-order chi connectivity index (χ1) is 5.22. The Bertz CT molecular complexity index is 195. The summed E-state index contributed by atoms with van der Waals surface area (Å²) < 4.78 is 0. The summed E-state index contributed by atoms with van der Waals surface area (Å²) in [5, 5.41) is 15.6. The summed E-state index contributed by atoms with van der Waals surface area (Å²) in [5.74, 6) is -0.240. The van der Waals surface area contributed by atoms with Gasteiger partial charge in [-0.15, -0.1) is 0 Å². The van der Waals surface area contributed by atoms with E-state index in [1.807, 2.05) is 0 Å². The van der Waals surface area contributed by atoms with E-state index in [2.05, 4.69) is 10.6 Å². The first-order valence-corrected chi connectivity index (χ1v) is 3.93. The van der Waals surface area contributed by atoms with Crippen molar-refractivity contribution in [1.29, 1.82) is 0 Å². The molecule has 4 heteroatoms. The fourth-order valence-electron chi connectivity index (χ4n) is 1.83. The van der Waals surface area contributed by atoms with Crippen LogP contribution in [-0.2, 0) is 4.79 Å². The van der Waals surface area contributed by atoms with Gasteiger partial charge in [-0.25, -0.2) is 0 Å². The van der Waals surface area contributed by atoms with Crippen LogP contribution in [0.4, 0.5) is 0 Å². The third-order valence-corrected chi connectivity index (χ3v) is 2.62. The van der Waals surface area contributed by atoms with Crippen LogP contribution in [0.1, 0.15) is 6.42 Å². The second kappa shape index (κ2) is 2.19. The van der Waals surface area contributed by atoms with E-state index in [0.717, 1.165) is 6.54 Å². The minimum Gasteiger partial charge on any atom is -0.387 e. The van der Waals surface area contributed by atoms with Gasteiger partial charge in [-0.1, -0.05) is 0 Å². The van der Waals surface area contributed by atoms with Crippen molar-refractivity contribution in [2.75, 3.05) is 19.6 Å². The fourth-order valence-corrected chi connectivity index (χ4v) is 1.83. The number of rotatable bonds is 0. The third kappa shape index (κ3) is 0.937. The van der Waals surface area contributed by atoms with Crippen LogP contribution in [0.25, 0.3) is 0 Å². The largest absolute Gasteiger partial charge is 0.387 e. The van der Waals surface area contributed by atoms with Crippen LogP contribution in [0.15, 0.2) is 0 Å². The Morgan fingerprint density at radius 3 is 3.18 bits per heavy atom. The predicted octanol–water partition coefficient (Wildman–Crippen LogP) is -1.54. The summed E-state index contributed by atoms with van der Waals surface area (Å²) in [5.41, 5.74) is -0.762. The smallest absolute Gasteiger partial charge is 0.227 e. The molecule has 0 aromatic carbocycles. The van der Waals surface area contributed by atoms with Crippen LogP contribution >= 0.6 is 0 Å². The number of nitrogens with one attached hydrogen (secondary N) is 2. The second-order valence-corrected chi connectivity index (χ2v) is 3.33. The monoisotopic (exact) mass is 156 g/mol. The highest BCUT2D eigenvalue weighted by Crippen LogP contribution is 2.28. The van der Waals surface area contributed by atoms with Crippen LogP contribution in [0.2, 0.25) is 0 Å². The molecule has 2 atom stereocenters. The van der Waals surface area contributed by atoms with Gasteiger partial charge in [0, 0.05) is 13.1 Å². The van der Waals surface area contributed by atoms with E-state index in [0.29, 0.717) is 19.5 Å². The van der Waals surface area contributed by atoms with E-state index in [1.165, 1.54) is 0 Å². The molecule has 0 radical (unpaired) electrons. The van der Waals surface area contributed by atoms with Crippen molar-refractivity contribution in [3.05, 3.63) is 0 Å². The normalized spacial score (nSPS) is 43.4. The zero-order chi connectivity index (χ0) is 7.90. The van der Waals surface area contributed by atoms with Crippen molar-refractivity contribution in [2.45, 2.75) is 12.0 Å². The molecule has 2 rings (SSSR count). The Balaban J connectivity index is 2.21. The van der Waals surface area contributed by atoms with Crippen molar-refractivity contribution >= 4 is 5.91 Å². The first kappa shape index (κ1) is 7.06. The average molecular weight is 156 g/mol. The van der Waals surface area contributed by atoms with E-state index >= 15 is 0 Å². The van der Waals surface area contributed by atoms with Gasteiger partial charge in [0.15, 0.2) is 0 Å². The van der Waals surface area contributed by atoms with Crippen LogP contribution in [-0.4, -0.2) is 36.2 Å². The summed E-state index contributed by atoms with van der Waals surface area (Å²) in [6, 6.07) is 0. The van der Waals surface area contributed by atoms with Gasteiger partial charge in [-0.05, 0) is 13.0 Å². The van der Waals surface area contributed by atoms with Crippen molar-refractivity contribution < 1.29 is 9.90 Å². The van der Waals surface area contributed by atoms with E-state index in [1.54, 1.807) is 0 Å². The highest BCUT2D eigenvalue weighted by atomic mass is 16.3. The second-order valence-electron chi connectivity index (χ2n) is 3.33. The molecular weight excluding hydrogens is 144 g/mol. The number of aliphatic hydroxyl groups is 1. The van der Waals surface area contributed by atoms with Crippen LogP contribution in [0, 0.1) is 5.92 Å². The molecule has 62 valence electrons. The Morgan fingerprint density at radius 2 is 2.45 bits per heavy atom. The molecule has 0 saturated carbocycles. The molecule has 2 heterocycles. The summed E-state index contributed by atoms with van der Waals surface area (Å²) in [6.45, 7) is 1.85. The van der Waals surface area contributed by atoms with Gasteiger partial charge in [0.2, 0.25) is 5.91 Å². The molecule has 2 aliphatic rings. The molecule has 4 nitrogen and oxygen atoms in total. The van der Waals surface area contributed by atoms with E-state index in [4.69, 9.17) is 0 Å². The van der Waals surface area contributed by atoms with Gasteiger partial charge in [-0.2, -0.15) is 0 Å². The maximum Gasteiger partial charge on any atom is 0.227 e. The van der Waals surface area contributed by atoms with Crippen molar-refractivity contribution in [2.24, 2.45) is 5.92 Å². The van der Waals surface area contributed by atoms with E-state index < -0.39 is 5.60 Å². The molecule has 2 saturated heterocycles. The first-order valence-electron chi connectivity index (χ1n) is 3.93. The molecule has 2 fully saturated rings. The van der Waals surface area contributed by atoms with Gasteiger partial charge >= 0.3 is 0 Å². The standard InChI is InChI=1S/C7H12N2O2/c10-6-5-3-8-2-1-7(5,11)4-9-6/h5,8,11H,1-4H2,(H,9,10). The molecule has 11 heavy (non-hydrogen) atoms. The Kier molecular flexibility index (Phi) is 1.40. The number of hydrogen-bond donors (Lipinski definition) is 3. The van der Waals surface area contributed by atoms with E-state index in [-0.39, 0.29) is 11.8 Å². The lowest BCUT2D eigenvalue weighted by atomic mass is 9.84. The van der Waals surface area contributed by atoms with Crippen molar-refractivity contribution in [3.63, 3.8) is 0 Å². The minimum atomic E-state index is -0.762. The number of piperidine rings is 1. The highest BCUT2D eigenvalue weighted by molar-refractivity contribution is 5.83. The van der Waals surface area contributed by atoms with Crippen molar-refractivity contribution in [1.82, 2.24) is 10.6 Å². The van der Waals surface area contributed by atoms with Gasteiger partial charge in [0.25, 0.3) is 0 Å². The number of hydrogen-bond acceptors (Lipinski definition) is 3. The summed E-state index contributed by atoms with van der Waals surface area (Å²) in [6.07, 6.45) is 0.677. The lowest BCUT2D eigenvalue weighted by Crippen LogP contribution is -2.50. The zero-order valence-electron chi connectivity index (χ0n) is 6.26. The number of β-amino-alcohol motifs (C(OH)–C–C–N with tert-alkyl or cyclic N) is 1. The molecule has 2 aliphatic heterocycles. The average Bonchev–Trinajstić information content (AvgIpc) is 2.29. The number of fused-ring (bicyclic) bond motifs is 1. The lowest BCUT2D eigenvalue weighted by Gasteiger charge is -2.32. The number of carbonyl (C=O) groups is 1. The molecular formula is C7H12N2O2. The molecule has 0 aliphatic carbocycles. The number of amides is 1. The van der Waals surface area contributed by atoms with Crippen LogP contribution < -0.4 is 10.6 Å². The minimum absolute atomic E-state index is 0.0142. The number of carbonyl (C=O) groups excluding carboxylic acids is 1. The SMILES string of the molecule is O=C1NCC2(O)CCNCC12. The molecule has 0 spiro atoms. The van der Waals surface area contributed by atoms with Crippen LogP contribution in [0.5, 0.6) is 0 Å². The fraction of sp³-hybridized carbons (Fsp3) is 0.857. The predicted molar refractivity (Wildman–Crippen MR) is 38.9 cm³/mol. The molecule has 3 N–H and O–H groups in total. The highest BCUT2D eigenvalue weighted by Gasteiger charge is 2.48. The maximum absolute atomic E-state index is 11.1. The molecule has 0 bridgehead atoms. The van der Waals surface area contributed by atoms with Gasteiger partial charge < -0.3 is 15.7 Å². The Hall–Kier alpha value is -0.610. The Morgan fingerprint density at radius 1 is 1.64 bits per heavy atom. The van der Waals surface area contributed by atoms with Crippen LogP contribution in [0.3, 0.4) is 0 Å². The maximum atomic E-state index is 11.1. The summed E-state index contributed by atoms with van der Waals surface area (Å²) in [7, 11) is 0. The molecule has 0 aromatic rings. The summed E-state index contributed by atoms with van der Waals surface area (Å²) >= 11 is 0. The van der Waals surface area contributed by atoms with Gasteiger partial charge in [-0.3, -0.25) is 4.79 Å². The topological polar surface area (TPSA) is 61.4 Å². The Labute approximate surface area is 65.0 Å². The van der Waals surface area contributed by atoms with Gasteiger partial charge in [0.05, 0.1) is 11.5 Å². The third-order valence-electron chi connectivity index (χ3n) is 2.62. The molecule has 1 amide bonds. The van der Waals surface area contributed by atoms with Crippen molar-refractivity contribution in [3.8, 4) is 0 Å². The van der Waals surface area contributed by atoms with Gasteiger partial charge in [0.1, 0.15) is 0 Å². The van der Waals surface area contributed by atoms with E-state index in [9.17, 15) is 9.90 Å². The summed E-state index contributed by atoms with van der Waals surface area (Å²) in [4.78, 5) is 11.1. The molecule has 0 aromatic heterocycles. The quantitative estimate of drug-likeness (QED) is 0.398. The lowest BCUT2D eigenvalue weighted by molar-refractivity contribution is -0.126. The molecule has 2 unspecified atom stereocenters. The zero-order valence-corrected chi connectivity index (χ0v) is 6.26.